The van der Waals surface area contributed by atoms with Crippen molar-refractivity contribution in [2.24, 2.45) is 5.92 Å². The molecule has 2 heterocycles. The minimum atomic E-state index is -0.0393. The molecule has 0 spiro atoms. The van der Waals surface area contributed by atoms with E-state index < -0.39 is 0 Å². The van der Waals surface area contributed by atoms with Crippen molar-refractivity contribution >= 4 is 6.03 Å². The SMILES string of the molecule is CC(C)NC(=O)NC[C@H]1CCN(C2CC(C)(C)NC(C)(C)C2)C1. The van der Waals surface area contributed by atoms with Gasteiger partial charge in [-0.1, -0.05) is 0 Å². The fourth-order valence-electron chi connectivity index (χ4n) is 4.44. The van der Waals surface area contributed by atoms with E-state index in [9.17, 15) is 4.79 Å². The number of amides is 2. The van der Waals surface area contributed by atoms with Gasteiger partial charge < -0.3 is 16.0 Å². The predicted molar refractivity (Wildman–Crippen MR) is 95.7 cm³/mol. The first-order valence-corrected chi connectivity index (χ1v) is 9.14. The van der Waals surface area contributed by atoms with Gasteiger partial charge in [0.15, 0.2) is 0 Å². The van der Waals surface area contributed by atoms with Gasteiger partial charge in [-0.05, 0) is 73.3 Å². The highest BCUT2D eigenvalue weighted by molar-refractivity contribution is 5.74. The average Bonchev–Trinajstić information content (AvgIpc) is 2.80. The normalized spacial score (nSPS) is 28.0. The number of nitrogens with zero attached hydrogens (tertiary/aromatic N) is 1. The van der Waals surface area contributed by atoms with E-state index in [0.29, 0.717) is 12.0 Å². The Balaban J connectivity index is 1.81. The third-order valence-corrected chi connectivity index (χ3v) is 4.97. The summed E-state index contributed by atoms with van der Waals surface area (Å²) in [6, 6.07) is 0.799. The number of hydrogen-bond acceptors (Lipinski definition) is 3. The lowest BCUT2D eigenvalue weighted by molar-refractivity contribution is 0.0784. The summed E-state index contributed by atoms with van der Waals surface area (Å²) in [5.41, 5.74) is 0.389. The van der Waals surface area contributed by atoms with Crippen LogP contribution >= 0.6 is 0 Å². The molecule has 1 atom stereocenters. The third-order valence-electron chi connectivity index (χ3n) is 4.97. The molecule has 3 N–H and O–H groups in total. The first kappa shape index (κ1) is 18.5. The zero-order valence-corrected chi connectivity index (χ0v) is 15.8. The van der Waals surface area contributed by atoms with Crippen molar-refractivity contribution in [3.63, 3.8) is 0 Å². The molecule has 0 unspecified atom stereocenters. The van der Waals surface area contributed by atoms with Crippen molar-refractivity contribution in [1.29, 1.82) is 0 Å². The molecule has 0 aromatic carbocycles. The number of nitrogens with one attached hydrogen (secondary N) is 3. The molecule has 0 aromatic heterocycles. The van der Waals surface area contributed by atoms with E-state index >= 15 is 0 Å². The predicted octanol–water partition coefficient (Wildman–Crippen LogP) is 2.33. The summed E-state index contributed by atoms with van der Waals surface area (Å²) < 4.78 is 0. The van der Waals surface area contributed by atoms with Gasteiger partial charge in [0.05, 0.1) is 0 Å². The summed E-state index contributed by atoms with van der Waals surface area (Å²) >= 11 is 0. The van der Waals surface area contributed by atoms with E-state index in [-0.39, 0.29) is 23.2 Å². The monoisotopic (exact) mass is 324 g/mol. The summed E-state index contributed by atoms with van der Waals surface area (Å²) in [4.78, 5) is 14.4. The summed E-state index contributed by atoms with van der Waals surface area (Å²) in [7, 11) is 0. The minimum Gasteiger partial charge on any atom is -0.338 e. The highest BCUT2D eigenvalue weighted by Gasteiger charge is 2.41. The molecule has 0 saturated carbocycles. The Kier molecular flexibility index (Phi) is 5.62. The van der Waals surface area contributed by atoms with Crippen molar-refractivity contribution in [2.75, 3.05) is 19.6 Å². The van der Waals surface area contributed by atoms with Crippen LogP contribution < -0.4 is 16.0 Å². The van der Waals surface area contributed by atoms with Gasteiger partial charge in [-0.2, -0.15) is 0 Å². The molecule has 2 aliphatic heterocycles. The molecule has 2 saturated heterocycles. The van der Waals surface area contributed by atoms with Crippen molar-refractivity contribution in [1.82, 2.24) is 20.9 Å². The lowest BCUT2D eigenvalue weighted by Gasteiger charge is -2.49. The summed E-state index contributed by atoms with van der Waals surface area (Å²) in [5, 5.41) is 9.68. The number of urea groups is 1. The van der Waals surface area contributed by atoms with Crippen LogP contribution in [0.5, 0.6) is 0 Å². The summed E-state index contributed by atoms with van der Waals surface area (Å²) in [5.74, 6) is 0.578. The molecule has 2 fully saturated rings. The molecule has 0 radical (unpaired) electrons. The Labute approximate surface area is 142 Å². The van der Waals surface area contributed by atoms with Gasteiger partial charge in [0, 0.05) is 36.3 Å². The largest absolute Gasteiger partial charge is 0.338 e. The van der Waals surface area contributed by atoms with Gasteiger partial charge in [-0.15, -0.1) is 0 Å². The second-order valence-corrected chi connectivity index (χ2v) is 9.11. The van der Waals surface area contributed by atoms with Crippen molar-refractivity contribution in [3.8, 4) is 0 Å². The Bertz CT molecular complexity index is 403. The van der Waals surface area contributed by atoms with Gasteiger partial charge in [0.25, 0.3) is 0 Å². The van der Waals surface area contributed by atoms with Crippen molar-refractivity contribution in [2.45, 2.75) is 84.0 Å². The lowest BCUT2D eigenvalue weighted by Crippen LogP contribution is -2.62. The molecule has 2 rings (SSSR count). The van der Waals surface area contributed by atoms with Crippen LogP contribution in [0.3, 0.4) is 0 Å². The zero-order chi connectivity index (χ0) is 17.3. The number of likely N-dealkylation sites (tertiary alicyclic amines) is 1. The number of piperidine rings is 1. The molecular weight excluding hydrogens is 288 g/mol. The Morgan fingerprint density at radius 2 is 1.83 bits per heavy atom. The van der Waals surface area contributed by atoms with Crippen LogP contribution in [0.4, 0.5) is 4.79 Å². The van der Waals surface area contributed by atoms with Crippen LogP contribution in [0, 0.1) is 5.92 Å². The summed E-state index contributed by atoms with van der Waals surface area (Å²) in [6.07, 6.45) is 3.58. The van der Waals surface area contributed by atoms with E-state index in [1.165, 1.54) is 19.3 Å². The highest BCUT2D eigenvalue weighted by atomic mass is 16.2. The maximum Gasteiger partial charge on any atom is 0.314 e. The van der Waals surface area contributed by atoms with Crippen LogP contribution in [0.25, 0.3) is 0 Å². The first-order chi connectivity index (χ1) is 10.6. The molecule has 2 aliphatic rings. The van der Waals surface area contributed by atoms with E-state index in [0.717, 1.165) is 19.6 Å². The van der Waals surface area contributed by atoms with E-state index in [1.807, 2.05) is 13.8 Å². The molecule has 0 aromatic rings. The second-order valence-electron chi connectivity index (χ2n) is 9.11. The topological polar surface area (TPSA) is 56.4 Å². The number of carbonyl (C=O) groups excluding carboxylic acids is 1. The van der Waals surface area contributed by atoms with Crippen LogP contribution in [0.1, 0.15) is 60.8 Å². The smallest absolute Gasteiger partial charge is 0.314 e. The van der Waals surface area contributed by atoms with E-state index in [2.05, 4.69) is 48.5 Å². The first-order valence-electron chi connectivity index (χ1n) is 9.14. The molecular formula is C18H36N4O. The molecule has 134 valence electrons. The maximum absolute atomic E-state index is 11.7. The zero-order valence-electron chi connectivity index (χ0n) is 15.8. The minimum absolute atomic E-state index is 0.0393. The van der Waals surface area contributed by atoms with Crippen LogP contribution in [0.2, 0.25) is 0 Å². The quantitative estimate of drug-likeness (QED) is 0.744. The third kappa shape index (κ3) is 5.64. The Morgan fingerprint density at radius 3 is 2.39 bits per heavy atom. The molecule has 2 amide bonds. The van der Waals surface area contributed by atoms with Crippen molar-refractivity contribution in [3.05, 3.63) is 0 Å². The molecule has 5 nitrogen and oxygen atoms in total. The second kappa shape index (κ2) is 6.98. The molecule has 0 aliphatic carbocycles. The van der Waals surface area contributed by atoms with Crippen molar-refractivity contribution < 1.29 is 4.79 Å². The van der Waals surface area contributed by atoms with Gasteiger partial charge >= 0.3 is 6.03 Å². The molecule has 23 heavy (non-hydrogen) atoms. The average molecular weight is 325 g/mol. The maximum atomic E-state index is 11.7. The van der Waals surface area contributed by atoms with Gasteiger partial charge in [-0.25, -0.2) is 4.79 Å². The molecule has 0 bridgehead atoms. The lowest BCUT2D eigenvalue weighted by atomic mass is 9.79. The van der Waals surface area contributed by atoms with Crippen LogP contribution in [-0.2, 0) is 0 Å². The summed E-state index contributed by atoms with van der Waals surface area (Å²) in [6.45, 7) is 16.3. The van der Waals surface area contributed by atoms with Gasteiger partial charge in [0.2, 0.25) is 0 Å². The van der Waals surface area contributed by atoms with E-state index in [1.54, 1.807) is 0 Å². The fourth-order valence-corrected chi connectivity index (χ4v) is 4.44. The Morgan fingerprint density at radius 1 is 1.22 bits per heavy atom. The number of carbonyl (C=O) groups is 1. The number of hydrogen-bond donors (Lipinski definition) is 3. The van der Waals surface area contributed by atoms with Crippen LogP contribution in [0.15, 0.2) is 0 Å². The highest BCUT2D eigenvalue weighted by Crippen LogP contribution is 2.33. The molecule has 5 heteroatoms. The van der Waals surface area contributed by atoms with Gasteiger partial charge in [-0.3, -0.25) is 4.90 Å². The number of rotatable bonds is 4. The Hall–Kier alpha value is -0.810. The van der Waals surface area contributed by atoms with Crippen LogP contribution in [-0.4, -0.2) is 53.7 Å². The van der Waals surface area contributed by atoms with Gasteiger partial charge in [0.1, 0.15) is 0 Å². The fraction of sp³-hybridized carbons (Fsp3) is 0.944. The standard InChI is InChI=1S/C18H36N4O/c1-13(2)20-16(23)19-11-14-7-8-22(12-14)15-9-17(3,4)21-18(5,6)10-15/h13-15,21H,7-12H2,1-6H3,(H2,19,20,23)/t14-/m1/s1. The van der Waals surface area contributed by atoms with E-state index in [4.69, 9.17) is 0 Å².